The van der Waals surface area contributed by atoms with Crippen LogP contribution in [0.25, 0.3) is 0 Å². The zero-order chi connectivity index (χ0) is 12.5. The van der Waals surface area contributed by atoms with Crippen molar-refractivity contribution < 1.29 is 8.42 Å². The standard InChI is InChI=1S/C12H14Cl2O2S/c13-11-6-2-1-5-10(11)12(7-3-4-8-12)9-17(14,15)16/h1-2,5-6H,3-4,7-9H2. The van der Waals surface area contributed by atoms with Crippen molar-refractivity contribution in [3.05, 3.63) is 34.9 Å². The molecule has 5 heteroatoms. The molecular weight excluding hydrogens is 279 g/mol. The third-order valence-electron chi connectivity index (χ3n) is 3.45. The van der Waals surface area contributed by atoms with Gasteiger partial charge in [-0.2, -0.15) is 0 Å². The van der Waals surface area contributed by atoms with Gasteiger partial charge >= 0.3 is 0 Å². The number of halogens is 2. The van der Waals surface area contributed by atoms with E-state index in [0.29, 0.717) is 5.02 Å². The number of benzene rings is 1. The molecule has 0 aromatic heterocycles. The Morgan fingerprint density at radius 2 is 1.76 bits per heavy atom. The Bertz CT molecular complexity index is 505. The van der Waals surface area contributed by atoms with E-state index < -0.39 is 9.05 Å². The fourth-order valence-corrected chi connectivity index (χ4v) is 4.83. The van der Waals surface area contributed by atoms with Crippen LogP contribution in [0.5, 0.6) is 0 Å². The van der Waals surface area contributed by atoms with E-state index in [-0.39, 0.29) is 11.2 Å². The second-order valence-electron chi connectivity index (χ2n) is 4.65. The van der Waals surface area contributed by atoms with Crippen molar-refractivity contribution in [2.75, 3.05) is 5.75 Å². The van der Waals surface area contributed by atoms with Crippen LogP contribution in [-0.4, -0.2) is 14.2 Å². The maximum atomic E-state index is 11.4. The van der Waals surface area contributed by atoms with Crippen molar-refractivity contribution in [2.45, 2.75) is 31.1 Å². The van der Waals surface area contributed by atoms with Gasteiger partial charge in [0.25, 0.3) is 0 Å². The highest BCUT2D eigenvalue weighted by atomic mass is 35.7. The van der Waals surface area contributed by atoms with Gasteiger partial charge in [0.2, 0.25) is 9.05 Å². The van der Waals surface area contributed by atoms with Crippen LogP contribution in [0.15, 0.2) is 24.3 Å². The van der Waals surface area contributed by atoms with E-state index in [9.17, 15) is 8.42 Å². The van der Waals surface area contributed by atoms with Crippen molar-refractivity contribution in [2.24, 2.45) is 0 Å². The van der Waals surface area contributed by atoms with Crippen LogP contribution in [0.3, 0.4) is 0 Å². The predicted molar refractivity (Wildman–Crippen MR) is 71.2 cm³/mol. The fraction of sp³-hybridized carbons (Fsp3) is 0.500. The van der Waals surface area contributed by atoms with Crippen LogP contribution in [0.1, 0.15) is 31.2 Å². The molecule has 0 heterocycles. The second-order valence-corrected chi connectivity index (χ2v) is 7.83. The zero-order valence-corrected chi connectivity index (χ0v) is 11.7. The van der Waals surface area contributed by atoms with E-state index in [1.165, 1.54) is 0 Å². The van der Waals surface area contributed by atoms with Crippen LogP contribution in [0, 0.1) is 0 Å². The molecule has 17 heavy (non-hydrogen) atoms. The summed E-state index contributed by atoms with van der Waals surface area (Å²) >= 11 is 6.18. The lowest BCUT2D eigenvalue weighted by atomic mass is 9.81. The molecule has 0 spiro atoms. The monoisotopic (exact) mass is 292 g/mol. The molecule has 0 radical (unpaired) electrons. The second kappa shape index (κ2) is 4.79. The Hall–Kier alpha value is -0.250. The van der Waals surface area contributed by atoms with E-state index in [0.717, 1.165) is 31.2 Å². The highest BCUT2D eigenvalue weighted by Gasteiger charge is 2.40. The molecule has 0 saturated heterocycles. The van der Waals surface area contributed by atoms with Gasteiger partial charge in [0, 0.05) is 21.1 Å². The highest BCUT2D eigenvalue weighted by molar-refractivity contribution is 8.13. The molecule has 2 rings (SSSR count). The fourth-order valence-electron chi connectivity index (χ4n) is 2.76. The van der Waals surface area contributed by atoms with Gasteiger partial charge in [-0.15, -0.1) is 0 Å². The van der Waals surface area contributed by atoms with Crippen LogP contribution >= 0.6 is 22.3 Å². The van der Waals surface area contributed by atoms with Crippen LogP contribution < -0.4 is 0 Å². The minimum atomic E-state index is -3.52. The van der Waals surface area contributed by atoms with Gasteiger partial charge in [-0.3, -0.25) is 0 Å². The minimum Gasteiger partial charge on any atom is -0.212 e. The average molecular weight is 293 g/mol. The number of hydrogen-bond donors (Lipinski definition) is 0. The third kappa shape index (κ3) is 2.95. The number of hydrogen-bond acceptors (Lipinski definition) is 2. The third-order valence-corrected chi connectivity index (χ3v) is 5.01. The predicted octanol–water partition coefficient (Wildman–Crippen LogP) is 3.72. The van der Waals surface area contributed by atoms with Gasteiger partial charge in [-0.25, -0.2) is 8.42 Å². The average Bonchev–Trinajstić information content (AvgIpc) is 2.65. The summed E-state index contributed by atoms with van der Waals surface area (Å²) in [6, 6.07) is 7.46. The van der Waals surface area contributed by atoms with Crippen molar-refractivity contribution >= 4 is 31.3 Å². The molecule has 1 aromatic rings. The molecular formula is C12H14Cl2O2S. The lowest BCUT2D eigenvalue weighted by molar-refractivity contribution is 0.486. The van der Waals surface area contributed by atoms with E-state index in [1.54, 1.807) is 6.07 Å². The molecule has 1 aliphatic carbocycles. The van der Waals surface area contributed by atoms with Gasteiger partial charge in [0.1, 0.15) is 0 Å². The quantitative estimate of drug-likeness (QED) is 0.796. The Morgan fingerprint density at radius 3 is 2.29 bits per heavy atom. The summed E-state index contributed by atoms with van der Waals surface area (Å²) < 4.78 is 22.8. The molecule has 1 aliphatic rings. The van der Waals surface area contributed by atoms with E-state index in [2.05, 4.69) is 0 Å². The van der Waals surface area contributed by atoms with E-state index in [4.69, 9.17) is 22.3 Å². The summed E-state index contributed by atoms with van der Waals surface area (Å²) in [5.41, 5.74) is 0.530. The number of rotatable bonds is 3. The van der Waals surface area contributed by atoms with Crippen molar-refractivity contribution in [1.82, 2.24) is 0 Å². The molecule has 1 fully saturated rings. The summed E-state index contributed by atoms with van der Waals surface area (Å²) in [5, 5.41) is 0.634. The van der Waals surface area contributed by atoms with Crippen molar-refractivity contribution in [3.63, 3.8) is 0 Å². The maximum Gasteiger partial charge on any atom is 0.233 e. The lowest BCUT2D eigenvalue weighted by Gasteiger charge is -2.29. The van der Waals surface area contributed by atoms with Gasteiger partial charge in [0.05, 0.1) is 5.75 Å². The SMILES string of the molecule is O=S(=O)(Cl)CC1(c2ccccc2Cl)CCCC1. The topological polar surface area (TPSA) is 34.1 Å². The first kappa shape index (κ1) is 13.2. The highest BCUT2D eigenvalue weighted by Crippen LogP contribution is 2.45. The Morgan fingerprint density at radius 1 is 1.18 bits per heavy atom. The summed E-state index contributed by atoms with van der Waals surface area (Å²) in [5.74, 6) is -0.0225. The Labute approximate surface area is 111 Å². The Balaban J connectivity index is 2.45. The molecule has 0 unspecified atom stereocenters. The summed E-state index contributed by atoms with van der Waals surface area (Å²) in [7, 11) is 1.92. The smallest absolute Gasteiger partial charge is 0.212 e. The minimum absolute atomic E-state index is 0.0225. The van der Waals surface area contributed by atoms with Gasteiger partial charge in [-0.1, -0.05) is 42.6 Å². The van der Waals surface area contributed by atoms with E-state index >= 15 is 0 Å². The first-order valence-corrected chi connectivity index (χ1v) is 8.46. The molecule has 0 bridgehead atoms. The Kier molecular flexibility index (Phi) is 3.71. The molecule has 0 amide bonds. The normalized spacial score (nSPS) is 19.4. The van der Waals surface area contributed by atoms with Gasteiger partial charge in [-0.05, 0) is 24.5 Å². The summed E-state index contributed by atoms with van der Waals surface area (Å²) in [4.78, 5) is 0. The first-order chi connectivity index (χ1) is 7.93. The molecule has 0 N–H and O–H groups in total. The largest absolute Gasteiger partial charge is 0.233 e. The zero-order valence-electron chi connectivity index (χ0n) is 9.33. The van der Waals surface area contributed by atoms with Crippen molar-refractivity contribution in [3.8, 4) is 0 Å². The van der Waals surface area contributed by atoms with Crippen LogP contribution in [0.2, 0.25) is 5.02 Å². The van der Waals surface area contributed by atoms with Crippen LogP contribution in [-0.2, 0) is 14.5 Å². The first-order valence-electron chi connectivity index (χ1n) is 5.60. The molecule has 2 nitrogen and oxygen atoms in total. The summed E-state index contributed by atoms with van der Waals surface area (Å²) in [6.07, 6.45) is 3.72. The molecule has 0 atom stereocenters. The van der Waals surface area contributed by atoms with E-state index in [1.807, 2.05) is 18.2 Å². The maximum absolute atomic E-state index is 11.4. The molecule has 94 valence electrons. The summed E-state index contributed by atoms with van der Waals surface area (Å²) in [6.45, 7) is 0. The van der Waals surface area contributed by atoms with Crippen molar-refractivity contribution in [1.29, 1.82) is 0 Å². The lowest BCUT2D eigenvalue weighted by Crippen LogP contribution is -2.30. The van der Waals surface area contributed by atoms with Gasteiger partial charge in [0.15, 0.2) is 0 Å². The van der Waals surface area contributed by atoms with Gasteiger partial charge < -0.3 is 0 Å². The molecule has 1 aromatic carbocycles. The molecule has 1 saturated carbocycles. The van der Waals surface area contributed by atoms with Crippen LogP contribution in [0.4, 0.5) is 0 Å². The molecule has 0 aliphatic heterocycles.